The number of rotatable bonds is 1. The van der Waals surface area contributed by atoms with Crippen LogP contribution in [0.3, 0.4) is 0 Å². The van der Waals surface area contributed by atoms with E-state index in [2.05, 4.69) is 22.6 Å². The summed E-state index contributed by atoms with van der Waals surface area (Å²) in [5, 5.41) is 0. The van der Waals surface area contributed by atoms with E-state index >= 15 is 0 Å². The molecule has 1 fully saturated rings. The van der Waals surface area contributed by atoms with Crippen molar-refractivity contribution in [3.8, 4) is 0 Å². The molecule has 1 aromatic carbocycles. The standard InChI is InChI=1S/C9H8INO2/c10-7-2-1-3-8(6-7)11-4-5-13-9(11)12/h1-3,6H,4-5H2. The number of amides is 1. The Bertz CT molecular complexity index is 340. The van der Waals surface area contributed by atoms with E-state index in [1.165, 1.54) is 0 Å². The average molecular weight is 289 g/mol. The van der Waals surface area contributed by atoms with Crippen LogP contribution >= 0.6 is 22.6 Å². The minimum Gasteiger partial charge on any atom is -0.447 e. The fourth-order valence-electron chi connectivity index (χ4n) is 1.27. The molecule has 0 bridgehead atoms. The van der Waals surface area contributed by atoms with E-state index in [0.29, 0.717) is 13.2 Å². The van der Waals surface area contributed by atoms with Crippen molar-refractivity contribution in [2.75, 3.05) is 18.1 Å². The lowest BCUT2D eigenvalue weighted by molar-refractivity contribution is 0.181. The third-order valence-electron chi connectivity index (χ3n) is 1.88. The lowest BCUT2D eigenvalue weighted by atomic mass is 10.3. The van der Waals surface area contributed by atoms with Crippen molar-refractivity contribution in [1.82, 2.24) is 0 Å². The lowest BCUT2D eigenvalue weighted by Gasteiger charge is -2.12. The molecule has 0 radical (unpaired) electrons. The number of carbonyl (C=O) groups excluding carboxylic acids is 1. The molecule has 1 aromatic rings. The van der Waals surface area contributed by atoms with Crippen molar-refractivity contribution in [3.63, 3.8) is 0 Å². The first-order valence-corrected chi connectivity index (χ1v) is 5.05. The number of benzene rings is 1. The van der Waals surface area contributed by atoms with Crippen molar-refractivity contribution in [2.24, 2.45) is 0 Å². The Balaban J connectivity index is 2.29. The van der Waals surface area contributed by atoms with Gasteiger partial charge in [-0.15, -0.1) is 0 Å². The minimum absolute atomic E-state index is 0.248. The van der Waals surface area contributed by atoms with Crippen LogP contribution in [0.4, 0.5) is 10.5 Å². The van der Waals surface area contributed by atoms with Gasteiger partial charge in [0.15, 0.2) is 0 Å². The summed E-state index contributed by atoms with van der Waals surface area (Å²) in [6.07, 6.45) is -0.248. The molecule has 1 heterocycles. The summed E-state index contributed by atoms with van der Waals surface area (Å²) in [5.41, 5.74) is 0.911. The van der Waals surface area contributed by atoms with E-state index in [-0.39, 0.29) is 6.09 Å². The zero-order valence-corrected chi connectivity index (χ0v) is 9.02. The number of carbonyl (C=O) groups is 1. The van der Waals surface area contributed by atoms with Crippen LogP contribution in [0.1, 0.15) is 0 Å². The highest BCUT2D eigenvalue weighted by atomic mass is 127. The van der Waals surface area contributed by atoms with Crippen molar-refractivity contribution >= 4 is 34.4 Å². The average Bonchev–Trinajstić information content (AvgIpc) is 2.51. The SMILES string of the molecule is O=C1OCCN1c1cccc(I)c1. The molecule has 4 heteroatoms. The van der Waals surface area contributed by atoms with Gasteiger partial charge in [-0.3, -0.25) is 4.90 Å². The molecule has 1 aliphatic heterocycles. The summed E-state index contributed by atoms with van der Waals surface area (Å²) < 4.78 is 5.96. The van der Waals surface area contributed by atoms with Gasteiger partial charge in [-0.05, 0) is 40.8 Å². The second-order valence-corrected chi connectivity index (χ2v) is 3.99. The molecular weight excluding hydrogens is 281 g/mol. The Labute approximate surface area is 89.8 Å². The van der Waals surface area contributed by atoms with Gasteiger partial charge in [-0.1, -0.05) is 6.07 Å². The van der Waals surface area contributed by atoms with Crippen LogP contribution in [-0.2, 0) is 4.74 Å². The predicted molar refractivity (Wildman–Crippen MR) is 57.9 cm³/mol. The molecule has 1 amide bonds. The first kappa shape index (κ1) is 8.80. The molecule has 0 N–H and O–H groups in total. The van der Waals surface area contributed by atoms with E-state index in [4.69, 9.17) is 4.74 Å². The van der Waals surface area contributed by atoms with Gasteiger partial charge in [0.2, 0.25) is 0 Å². The van der Waals surface area contributed by atoms with E-state index in [1.54, 1.807) is 4.90 Å². The third kappa shape index (κ3) is 1.77. The molecule has 0 unspecified atom stereocenters. The Morgan fingerprint density at radius 3 is 2.92 bits per heavy atom. The molecule has 13 heavy (non-hydrogen) atoms. The summed E-state index contributed by atoms with van der Waals surface area (Å²) in [4.78, 5) is 12.8. The maximum atomic E-state index is 11.2. The van der Waals surface area contributed by atoms with Crippen LogP contribution in [0.15, 0.2) is 24.3 Å². The highest BCUT2D eigenvalue weighted by Gasteiger charge is 2.23. The Morgan fingerprint density at radius 1 is 1.46 bits per heavy atom. The summed E-state index contributed by atoms with van der Waals surface area (Å²) in [7, 11) is 0. The summed E-state index contributed by atoms with van der Waals surface area (Å²) >= 11 is 2.22. The number of nitrogens with zero attached hydrogens (tertiary/aromatic N) is 1. The molecule has 0 saturated carbocycles. The van der Waals surface area contributed by atoms with Gasteiger partial charge in [0.25, 0.3) is 0 Å². The first-order valence-electron chi connectivity index (χ1n) is 3.97. The van der Waals surface area contributed by atoms with Gasteiger partial charge in [0.1, 0.15) is 6.61 Å². The lowest BCUT2D eigenvalue weighted by Crippen LogP contribution is -2.23. The zero-order chi connectivity index (χ0) is 9.26. The molecule has 2 rings (SSSR count). The number of cyclic esters (lactones) is 1. The number of anilines is 1. The zero-order valence-electron chi connectivity index (χ0n) is 6.87. The molecule has 1 saturated heterocycles. The van der Waals surface area contributed by atoms with E-state index < -0.39 is 0 Å². The number of ether oxygens (including phenoxy) is 1. The highest BCUT2D eigenvalue weighted by Crippen LogP contribution is 2.20. The molecule has 68 valence electrons. The van der Waals surface area contributed by atoms with Crippen LogP contribution in [-0.4, -0.2) is 19.2 Å². The Kier molecular flexibility index (Phi) is 2.39. The fourth-order valence-corrected chi connectivity index (χ4v) is 1.80. The number of halogens is 1. The van der Waals surface area contributed by atoms with Gasteiger partial charge < -0.3 is 4.74 Å². The van der Waals surface area contributed by atoms with Crippen LogP contribution in [0.25, 0.3) is 0 Å². The van der Waals surface area contributed by atoms with Gasteiger partial charge in [0, 0.05) is 9.26 Å². The van der Waals surface area contributed by atoms with Crippen LogP contribution in [0.2, 0.25) is 0 Å². The maximum absolute atomic E-state index is 11.2. The van der Waals surface area contributed by atoms with Gasteiger partial charge in [-0.2, -0.15) is 0 Å². The third-order valence-corrected chi connectivity index (χ3v) is 2.55. The van der Waals surface area contributed by atoms with Crippen LogP contribution in [0.5, 0.6) is 0 Å². The molecule has 0 atom stereocenters. The minimum atomic E-state index is -0.248. The van der Waals surface area contributed by atoms with E-state index in [0.717, 1.165) is 9.26 Å². The molecular formula is C9H8INO2. The molecule has 1 aliphatic rings. The van der Waals surface area contributed by atoms with Gasteiger partial charge in [0.05, 0.1) is 6.54 Å². The highest BCUT2D eigenvalue weighted by molar-refractivity contribution is 14.1. The maximum Gasteiger partial charge on any atom is 0.414 e. The summed E-state index contributed by atoms with van der Waals surface area (Å²) in [6.45, 7) is 1.14. The summed E-state index contributed by atoms with van der Waals surface area (Å²) in [5.74, 6) is 0. The molecule has 3 nitrogen and oxygen atoms in total. The number of hydrogen-bond donors (Lipinski definition) is 0. The smallest absolute Gasteiger partial charge is 0.414 e. The van der Waals surface area contributed by atoms with Crippen molar-refractivity contribution in [2.45, 2.75) is 0 Å². The second-order valence-electron chi connectivity index (χ2n) is 2.75. The molecule has 0 aromatic heterocycles. The predicted octanol–water partition coefficient (Wildman–Crippen LogP) is 2.25. The van der Waals surface area contributed by atoms with Crippen LogP contribution < -0.4 is 4.90 Å². The van der Waals surface area contributed by atoms with E-state index in [1.807, 2.05) is 24.3 Å². The fraction of sp³-hybridized carbons (Fsp3) is 0.222. The summed E-state index contributed by atoms with van der Waals surface area (Å²) in [6, 6.07) is 7.80. The molecule has 0 spiro atoms. The normalized spacial score (nSPS) is 16.1. The monoisotopic (exact) mass is 289 g/mol. The van der Waals surface area contributed by atoms with Gasteiger partial charge in [-0.25, -0.2) is 4.79 Å². The quantitative estimate of drug-likeness (QED) is 0.742. The van der Waals surface area contributed by atoms with Crippen LogP contribution in [0, 0.1) is 3.57 Å². The Hall–Kier alpha value is -0.780. The Morgan fingerprint density at radius 2 is 2.31 bits per heavy atom. The second kappa shape index (κ2) is 3.53. The van der Waals surface area contributed by atoms with Gasteiger partial charge >= 0.3 is 6.09 Å². The largest absolute Gasteiger partial charge is 0.447 e. The molecule has 0 aliphatic carbocycles. The van der Waals surface area contributed by atoms with E-state index in [9.17, 15) is 4.79 Å². The topological polar surface area (TPSA) is 29.5 Å². The first-order chi connectivity index (χ1) is 6.27. The van der Waals surface area contributed by atoms with Crippen molar-refractivity contribution in [3.05, 3.63) is 27.8 Å². The van der Waals surface area contributed by atoms with Crippen molar-refractivity contribution in [1.29, 1.82) is 0 Å². The van der Waals surface area contributed by atoms with Crippen molar-refractivity contribution < 1.29 is 9.53 Å². The number of hydrogen-bond acceptors (Lipinski definition) is 2.